The van der Waals surface area contributed by atoms with Gasteiger partial charge in [-0.15, -0.1) is 0 Å². The zero-order valence-electron chi connectivity index (χ0n) is 19.4. The summed E-state index contributed by atoms with van der Waals surface area (Å²) in [6, 6.07) is 16.4. The molecule has 0 bridgehead atoms. The summed E-state index contributed by atoms with van der Waals surface area (Å²) in [5.41, 5.74) is 2.72. The maximum absolute atomic E-state index is 13.1. The van der Waals surface area contributed by atoms with E-state index in [9.17, 15) is 14.7 Å². The molecule has 33 heavy (non-hydrogen) atoms. The number of benzene rings is 2. The van der Waals surface area contributed by atoms with Crippen molar-refractivity contribution in [3.63, 3.8) is 0 Å². The van der Waals surface area contributed by atoms with Crippen LogP contribution in [0.25, 0.3) is 5.76 Å². The van der Waals surface area contributed by atoms with Crippen molar-refractivity contribution < 1.29 is 19.4 Å². The molecule has 6 nitrogen and oxygen atoms in total. The third kappa shape index (κ3) is 5.02. The van der Waals surface area contributed by atoms with Crippen LogP contribution in [0.2, 0.25) is 0 Å². The fourth-order valence-electron chi connectivity index (χ4n) is 4.56. The second-order valence-electron chi connectivity index (χ2n) is 8.99. The fourth-order valence-corrected chi connectivity index (χ4v) is 4.56. The number of hydrogen-bond donors (Lipinski definition) is 1. The van der Waals surface area contributed by atoms with E-state index in [0.717, 1.165) is 44.8 Å². The van der Waals surface area contributed by atoms with Crippen LogP contribution in [0.1, 0.15) is 48.9 Å². The molecule has 0 saturated carbocycles. The number of carbonyl (C=O) groups is 2. The van der Waals surface area contributed by atoms with E-state index in [0.29, 0.717) is 18.0 Å². The minimum Gasteiger partial charge on any atom is -0.507 e. The van der Waals surface area contributed by atoms with Crippen molar-refractivity contribution >= 4 is 17.4 Å². The van der Waals surface area contributed by atoms with E-state index in [2.05, 4.69) is 18.7 Å². The Labute approximate surface area is 195 Å². The number of rotatable bonds is 7. The molecule has 0 spiro atoms. The number of morpholine rings is 1. The van der Waals surface area contributed by atoms with E-state index >= 15 is 0 Å². The second kappa shape index (κ2) is 10.3. The van der Waals surface area contributed by atoms with Crippen molar-refractivity contribution in [1.82, 2.24) is 9.80 Å². The van der Waals surface area contributed by atoms with Gasteiger partial charge < -0.3 is 14.7 Å². The Morgan fingerprint density at radius 1 is 1.00 bits per heavy atom. The van der Waals surface area contributed by atoms with Gasteiger partial charge in [-0.25, -0.2) is 0 Å². The largest absolute Gasteiger partial charge is 0.507 e. The number of nitrogens with zero attached hydrogens (tertiary/aromatic N) is 2. The van der Waals surface area contributed by atoms with Crippen LogP contribution >= 0.6 is 0 Å². The predicted octanol–water partition coefficient (Wildman–Crippen LogP) is 3.95. The SMILES string of the molecule is CC(C)c1ccc([C@@H]2/C(=C(\O)c3ccccc3)C(=O)C(=O)N2CCCN2CCOCC2)cc1. The van der Waals surface area contributed by atoms with Gasteiger partial charge in [0, 0.05) is 31.7 Å². The number of ether oxygens (including phenoxy) is 1. The van der Waals surface area contributed by atoms with Gasteiger partial charge in [-0.2, -0.15) is 0 Å². The topological polar surface area (TPSA) is 70.1 Å². The zero-order chi connectivity index (χ0) is 23.4. The molecule has 6 heteroatoms. The Morgan fingerprint density at radius 3 is 2.30 bits per heavy atom. The quantitative estimate of drug-likeness (QED) is 0.395. The van der Waals surface area contributed by atoms with Gasteiger partial charge in [-0.3, -0.25) is 14.5 Å². The first-order valence-corrected chi connectivity index (χ1v) is 11.7. The summed E-state index contributed by atoms with van der Waals surface area (Å²) < 4.78 is 5.41. The van der Waals surface area contributed by atoms with Crippen LogP contribution < -0.4 is 0 Å². The molecular formula is C27H32N2O4. The first-order valence-electron chi connectivity index (χ1n) is 11.7. The Bertz CT molecular complexity index is 1010. The van der Waals surface area contributed by atoms with Crippen molar-refractivity contribution in [1.29, 1.82) is 0 Å². The monoisotopic (exact) mass is 448 g/mol. The number of amides is 1. The van der Waals surface area contributed by atoms with E-state index in [1.165, 1.54) is 5.56 Å². The lowest BCUT2D eigenvalue weighted by atomic mass is 9.93. The smallest absolute Gasteiger partial charge is 0.295 e. The molecule has 0 radical (unpaired) electrons. The van der Waals surface area contributed by atoms with Crippen LogP contribution in [0.5, 0.6) is 0 Å². The molecule has 4 rings (SSSR count). The summed E-state index contributed by atoms with van der Waals surface area (Å²) in [4.78, 5) is 30.2. The predicted molar refractivity (Wildman–Crippen MR) is 128 cm³/mol. The van der Waals surface area contributed by atoms with Crippen LogP contribution in [-0.4, -0.2) is 66.0 Å². The Kier molecular flexibility index (Phi) is 7.26. The van der Waals surface area contributed by atoms with E-state index in [1.807, 2.05) is 30.3 Å². The minimum atomic E-state index is -0.624. The van der Waals surface area contributed by atoms with Crippen LogP contribution in [0.4, 0.5) is 0 Å². The lowest BCUT2D eigenvalue weighted by Gasteiger charge is -2.29. The first-order chi connectivity index (χ1) is 16.0. The number of aliphatic hydroxyl groups excluding tert-OH is 1. The van der Waals surface area contributed by atoms with E-state index < -0.39 is 17.7 Å². The van der Waals surface area contributed by atoms with Crippen molar-refractivity contribution in [3.05, 3.63) is 76.9 Å². The molecule has 0 aromatic heterocycles. The lowest BCUT2D eigenvalue weighted by Crippen LogP contribution is -2.38. The molecule has 0 aliphatic carbocycles. The number of ketones is 1. The van der Waals surface area contributed by atoms with E-state index in [-0.39, 0.29) is 11.3 Å². The molecule has 1 amide bonds. The number of likely N-dealkylation sites (tertiary alicyclic amines) is 1. The Morgan fingerprint density at radius 2 is 1.67 bits per heavy atom. The van der Waals surface area contributed by atoms with Gasteiger partial charge in [-0.1, -0.05) is 68.4 Å². The summed E-state index contributed by atoms with van der Waals surface area (Å²) in [6.45, 7) is 8.76. The third-order valence-electron chi connectivity index (χ3n) is 6.48. The Hall–Kier alpha value is -2.96. The highest BCUT2D eigenvalue weighted by Crippen LogP contribution is 2.39. The molecule has 0 unspecified atom stereocenters. The summed E-state index contributed by atoms with van der Waals surface area (Å²) in [6.07, 6.45) is 0.749. The van der Waals surface area contributed by atoms with Gasteiger partial charge in [0.2, 0.25) is 0 Å². The molecule has 1 N–H and O–H groups in total. The molecule has 2 saturated heterocycles. The summed E-state index contributed by atoms with van der Waals surface area (Å²) in [5, 5.41) is 11.1. The minimum absolute atomic E-state index is 0.123. The first kappa shape index (κ1) is 23.2. The van der Waals surface area contributed by atoms with Gasteiger partial charge in [0.1, 0.15) is 5.76 Å². The molecule has 2 heterocycles. The van der Waals surface area contributed by atoms with Crippen LogP contribution in [0.15, 0.2) is 60.2 Å². The molecule has 2 aliphatic rings. The molecule has 2 aromatic rings. The van der Waals surface area contributed by atoms with Gasteiger partial charge in [0.05, 0.1) is 24.8 Å². The van der Waals surface area contributed by atoms with E-state index in [4.69, 9.17) is 4.74 Å². The maximum Gasteiger partial charge on any atom is 0.295 e. The van der Waals surface area contributed by atoms with Crippen molar-refractivity contribution in [2.75, 3.05) is 39.4 Å². The summed E-state index contributed by atoms with van der Waals surface area (Å²) >= 11 is 0. The second-order valence-corrected chi connectivity index (χ2v) is 8.99. The van der Waals surface area contributed by atoms with Crippen molar-refractivity contribution in [2.45, 2.75) is 32.2 Å². The average molecular weight is 449 g/mol. The van der Waals surface area contributed by atoms with Gasteiger partial charge in [0.15, 0.2) is 0 Å². The third-order valence-corrected chi connectivity index (χ3v) is 6.48. The standard InChI is InChI=1S/C27H32N2O4/c1-19(2)20-9-11-21(12-10-20)24-23(25(30)22-7-4-3-5-8-22)26(31)27(32)29(24)14-6-13-28-15-17-33-18-16-28/h3-5,7-12,19,24,30H,6,13-18H2,1-2H3/b25-23+/t24-/m1/s1. The molecular weight excluding hydrogens is 416 g/mol. The zero-order valence-corrected chi connectivity index (χ0v) is 19.4. The number of hydrogen-bond acceptors (Lipinski definition) is 5. The van der Waals surface area contributed by atoms with Crippen molar-refractivity contribution in [2.24, 2.45) is 0 Å². The molecule has 2 fully saturated rings. The molecule has 174 valence electrons. The molecule has 1 atom stereocenters. The molecule has 2 aromatic carbocycles. The number of carbonyl (C=O) groups excluding carboxylic acids is 2. The summed E-state index contributed by atoms with van der Waals surface area (Å²) in [5.74, 6) is -0.918. The number of Topliss-reactive ketones (excluding diaryl/α,β-unsaturated/α-hetero) is 1. The normalized spacial score (nSPS) is 21.2. The van der Waals surface area contributed by atoms with Crippen LogP contribution in [0.3, 0.4) is 0 Å². The fraction of sp³-hybridized carbons (Fsp3) is 0.407. The van der Waals surface area contributed by atoms with Crippen LogP contribution in [0, 0.1) is 0 Å². The van der Waals surface area contributed by atoms with Crippen molar-refractivity contribution in [3.8, 4) is 0 Å². The van der Waals surface area contributed by atoms with Gasteiger partial charge in [-0.05, 0) is 23.5 Å². The number of aliphatic hydroxyl groups is 1. The molecule has 2 aliphatic heterocycles. The van der Waals surface area contributed by atoms with Gasteiger partial charge >= 0.3 is 0 Å². The highest BCUT2D eigenvalue weighted by molar-refractivity contribution is 6.46. The van der Waals surface area contributed by atoms with E-state index in [1.54, 1.807) is 29.2 Å². The summed E-state index contributed by atoms with van der Waals surface area (Å²) in [7, 11) is 0. The Balaban J connectivity index is 1.66. The average Bonchev–Trinajstić information content (AvgIpc) is 3.10. The highest BCUT2D eigenvalue weighted by Gasteiger charge is 2.45. The lowest BCUT2D eigenvalue weighted by molar-refractivity contribution is -0.140. The van der Waals surface area contributed by atoms with Crippen LogP contribution in [-0.2, 0) is 14.3 Å². The maximum atomic E-state index is 13.1. The van der Waals surface area contributed by atoms with Gasteiger partial charge in [0.25, 0.3) is 11.7 Å². The highest BCUT2D eigenvalue weighted by atomic mass is 16.5.